The predicted molar refractivity (Wildman–Crippen MR) is 110 cm³/mol. The monoisotopic (exact) mass is 375 g/mol. The number of unbranched alkanes of at least 4 members (excludes halogenated alkanes) is 4. The van der Waals surface area contributed by atoms with E-state index in [-0.39, 0.29) is 23.4 Å². The molecule has 3 heteroatoms. The molecular formula is C24H41NO2. The molecule has 0 aliphatic heterocycles. The number of carbonyl (C=O) groups is 1. The van der Waals surface area contributed by atoms with Gasteiger partial charge in [0.25, 0.3) is 0 Å². The van der Waals surface area contributed by atoms with E-state index in [2.05, 4.69) is 19.9 Å². The van der Waals surface area contributed by atoms with Gasteiger partial charge in [-0.2, -0.15) is 5.26 Å². The molecule has 0 saturated heterocycles. The maximum Gasteiger partial charge on any atom is 0.309 e. The Labute approximate surface area is 167 Å². The molecule has 0 amide bonds. The van der Waals surface area contributed by atoms with E-state index in [0.29, 0.717) is 0 Å². The molecule has 2 saturated carbocycles. The van der Waals surface area contributed by atoms with E-state index in [1.807, 2.05) is 0 Å². The van der Waals surface area contributed by atoms with Crippen LogP contribution in [0.4, 0.5) is 0 Å². The molecule has 0 aromatic carbocycles. The van der Waals surface area contributed by atoms with Crippen molar-refractivity contribution in [2.45, 2.75) is 123 Å². The van der Waals surface area contributed by atoms with Gasteiger partial charge in [0.1, 0.15) is 6.10 Å². The highest BCUT2D eigenvalue weighted by atomic mass is 16.5. The lowest BCUT2D eigenvalue weighted by atomic mass is 9.69. The number of hydrogen-bond donors (Lipinski definition) is 0. The summed E-state index contributed by atoms with van der Waals surface area (Å²) in [7, 11) is 0. The lowest BCUT2D eigenvalue weighted by Gasteiger charge is -2.35. The third-order valence-electron chi connectivity index (χ3n) is 7.03. The summed E-state index contributed by atoms with van der Waals surface area (Å²) in [6, 6.07) is 2.54. The Morgan fingerprint density at radius 1 is 0.963 bits per heavy atom. The van der Waals surface area contributed by atoms with Gasteiger partial charge in [-0.05, 0) is 63.7 Å². The zero-order chi connectivity index (χ0) is 19.5. The molecule has 0 N–H and O–H groups in total. The van der Waals surface area contributed by atoms with Crippen LogP contribution in [0.25, 0.3) is 0 Å². The molecule has 0 radical (unpaired) electrons. The van der Waals surface area contributed by atoms with Gasteiger partial charge >= 0.3 is 5.97 Å². The summed E-state index contributed by atoms with van der Waals surface area (Å²) in [4.78, 5) is 12.6. The quantitative estimate of drug-likeness (QED) is 0.306. The van der Waals surface area contributed by atoms with Crippen LogP contribution in [0.2, 0.25) is 0 Å². The Hall–Kier alpha value is -1.04. The van der Waals surface area contributed by atoms with E-state index in [4.69, 9.17) is 4.74 Å². The molecule has 0 bridgehead atoms. The van der Waals surface area contributed by atoms with Crippen molar-refractivity contribution in [1.82, 2.24) is 0 Å². The molecule has 0 spiro atoms. The fourth-order valence-electron chi connectivity index (χ4n) is 5.14. The van der Waals surface area contributed by atoms with Gasteiger partial charge in [0.2, 0.25) is 0 Å². The van der Waals surface area contributed by atoms with E-state index in [0.717, 1.165) is 57.3 Å². The van der Waals surface area contributed by atoms with Crippen LogP contribution in [-0.2, 0) is 9.53 Å². The fourth-order valence-corrected chi connectivity index (χ4v) is 5.14. The summed E-state index contributed by atoms with van der Waals surface area (Å²) >= 11 is 0. The van der Waals surface area contributed by atoms with Crippen LogP contribution in [0, 0.1) is 28.6 Å². The van der Waals surface area contributed by atoms with Crippen molar-refractivity contribution in [2.24, 2.45) is 17.3 Å². The first kappa shape index (κ1) is 22.3. The average molecular weight is 376 g/mol. The Morgan fingerprint density at radius 3 is 2.22 bits per heavy atom. The first-order valence-corrected chi connectivity index (χ1v) is 11.7. The van der Waals surface area contributed by atoms with Gasteiger partial charge in [-0.1, -0.05) is 58.8 Å². The van der Waals surface area contributed by atoms with Crippen molar-refractivity contribution >= 4 is 5.97 Å². The minimum atomic E-state index is -0.180. The molecular weight excluding hydrogens is 334 g/mol. The molecule has 0 aromatic rings. The zero-order valence-corrected chi connectivity index (χ0v) is 17.8. The Kier molecular flexibility index (Phi) is 9.66. The van der Waals surface area contributed by atoms with Crippen LogP contribution in [0.15, 0.2) is 0 Å². The average Bonchev–Trinajstić information content (AvgIpc) is 2.70. The van der Waals surface area contributed by atoms with Crippen LogP contribution in [-0.4, -0.2) is 12.1 Å². The zero-order valence-electron chi connectivity index (χ0n) is 17.8. The van der Waals surface area contributed by atoms with Crippen molar-refractivity contribution in [3.05, 3.63) is 0 Å². The molecule has 3 nitrogen and oxygen atoms in total. The van der Waals surface area contributed by atoms with Gasteiger partial charge in [0, 0.05) is 0 Å². The highest BCUT2D eigenvalue weighted by molar-refractivity contribution is 5.72. The molecule has 27 heavy (non-hydrogen) atoms. The minimum absolute atomic E-state index is 0.0149. The first-order chi connectivity index (χ1) is 13.1. The number of carbonyl (C=O) groups excluding carboxylic acids is 1. The van der Waals surface area contributed by atoms with Gasteiger partial charge in [0.15, 0.2) is 0 Å². The first-order valence-electron chi connectivity index (χ1n) is 11.7. The predicted octanol–water partition coefficient (Wildman–Crippen LogP) is 6.95. The van der Waals surface area contributed by atoms with Crippen LogP contribution in [0.3, 0.4) is 0 Å². The van der Waals surface area contributed by atoms with Crippen LogP contribution in [0.1, 0.15) is 117 Å². The normalized spacial score (nSPS) is 31.2. The summed E-state index contributed by atoms with van der Waals surface area (Å²) in [6.07, 6.45) is 18.3. The highest BCUT2D eigenvalue weighted by Gasteiger charge is 2.38. The summed E-state index contributed by atoms with van der Waals surface area (Å²) in [5.41, 5.74) is -0.180. The number of hydrogen-bond acceptors (Lipinski definition) is 3. The topological polar surface area (TPSA) is 50.1 Å². The number of nitrogens with zero attached hydrogens (tertiary/aromatic N) is 1. The molecule has 2 aliphatic carbocycles. The molecule has 2 rings (SSSR count). The molecule has 2 aliphatic rings. The van der Waals surface area contributed by atoms with E-state index in [1.165, 1.54) is 51.4 Å². The Balaban J connectivity index is 1.63. The number of ether oxygens (including phenoxy) is 1. The van der Waals surface area contributed by atoms with Crippen LogP contribution < -0.4 is 0 Å². The van der Waals surface area contributed by atoms with Crippen molar-refractivity contribution in [1.29, 1.82) is 5.26 Å². The number of esters is 1. The molecule has 0 aromatic heterocycles. The summed E-state index contributed by atoms with van der Waals surface area (Å²) < 4.78 is 5.88. The largest absolute Gasteiger partial charge is 0.462 e. The van der Waals surface area contributed by atoms with Crippen LogP contribution in [0.5, 0.6) is 0 Å². The highest BCUT2D eigenvalue weighted by Crippen LogP contribution is 2.42. The van der Waals surface area contributed by atoms with Gasteiger partial charge < -0.3 is 4.74 Å². The molecule has 0 unspecified atom stereocenters. The fraction of sp³-hybridized carbons (Fsp3) is 0.917. The smallest absolute Gasteiger partial charge is 0.309 e. The third-order valence-corrected chi connectivity index (χ3v) is 7.03. The van der Waals surface area contributed by atoms with Gasteiger partial charge in [0.05, 0.1) is 17.4 Å². The van der Waals surface area contributed by atoms with Crippen molar-refractivity contribution in [3.8, 4) is 6.07 Å². The minimum Gasteiger partial charge on any atom is -0.462 e. The van der Waals surface area contributed by atoms with Crippen molar-refractivity contribution in [3.63, 3.8) is 0 Å². The summed E-state index contributed by atoms with van der Waals surface area (Å²) in [5.74, 6) is 0.891. The second-order valence-corrected chi connectivity index (χ2v) is 9.20. The van der Waals surface area contributed by atoms with E-state index >= 15 is 0 Å². The standard InChI is InChI=1S/C24H41NO2/c1-3-5-6-7-8-9-20-10-12-22(13-11-20)27-23(26)21-14-17-24(19-25,16-4-2)18-15-21/h20-22H,3-18H2,1-2H3/t20?,21-,22?,24-. The number of rotatable bonds is 10. The number of nitriles is 1. The van der Waals surface area contributed by atoms with Gasteiger partial charge in [-0.25, -0.2) is 0 Å². The van der Waals surface area contributed by atoms with Crippen LogP contribution >= 0.6 is 0 Å². The molecule has 0 atom stereocenters. The van der Waals surface area contributed by atoms with Gasteiger partial charge in [-0.3, -0.25) is 4.79 Å². The second-order valence-electron chi connectivity index (χ2n) is 9.20. The summed E-state index contributed by atoms with van der Waals surface area (Å²) in [5, 5.41) is 9.52. The van der Waals surface area contributed by atoms with Crippen molar-refractivity contribution in [2.75, 3.05) is 0 Å². The van der Waals surface area contributed by atoms with E-state index in [1.54, 1.807) is 0 Å². The second kappa shape index (κ2) is 11.7. The lowest BCUT2D eigenvalue weighted by molar-refractivity contribution is -0.157. The Bertz CT molecular complexity index is 465. The maximum absolute atomic E-state index is 12.6. The van der Waals surface area contributed by atoms with Crippen molar-refractivity contribution < 1.29 is 9.53 Å². The lowest BCUT2D eigenvalue weighted by Crippen LogP contribution is -2.33. The van der Waals surface area contributed by atoms with E-state index < -0.39 is 0 Å². The molecule has 2 fully saturated rings. The molecule has 154 valence electrons. The molecule has 0 heterocycles. The third kappa shape index (κ3) is 7.13. The maximum atomic E-state index is 12.6. The Morgan fingerprint density at radius 2 is 1.63 bits per heavy atom. The van der Waals surface area contributed by atoms with Gasteiger partial charge in [-0.15, -0.1) is 0 Å². The summed E-state index contributed by atoms with van der Waals surface area (Å²) in [6.45, 7) is 4.40. The van der Waals surface area contributed by atoms with E-state index in [9.17, 15) is 10.1 Å². The SMILES string of the molecule is CCCCCCCC1CCC(OC(=O)[C@H]2CC[C@@](C#N)(CCC)CC2)CC1.